The van der Waals surface area contributed by atoms with E-state index in [1.54, 1.807) is 0 Å². The molecule has 0 radical (unpaired) electrons. The fraction of sp³-hybridized carbons (Fsp3) is 0.636. The number of carbonyl (C=O) groups excluding carboxylic acids is 2. The predicted octanol–water partition coefficient (Wildman–Crippen LogP) is 0.900. The molecule has 160 valence electrons. The van der Waals surface area contributed by atoms with Gasteiger partial charge in [0.1, 0.15) is 0 Å². The second-order valence-corrected chi connectivity index (χ2v) is 8.15. The van der Waals surface area contributed by atoms with Crippen LogP contribution in [0.25, 0.3) is 0 Å². The number of nitrogens with zero attached hydrogens (tertiary/aromatic N) is 4. The van der Waals surface area contributed by atoms with E-state index in [1.807, 2.05) is 28.0 Å². The molecule has 29 heavy (non-hydrogen) atoms. The number of hydrogen-bond acceptors (Lipinski definition) is 5. The fourth-order valence-corrected chi connectivity index (χ4v) is 3.83. The van der Waals surface area contributed by atoms with Crippen LogP contribution in [0.4, 0.5) is 0 Å². The van der Waals surface area contributed by atoms with Gasteiger partial charge in [-0.25, -0.2) is 0 Å². The highest BCUT2D eigenvalue weighted by molar-refractivity contribution is 5.79. The number of ether oxygens (including phenoxy) is 1. The topological polar surface area (TPSA) is 56.3 Å². The summed E-state index contributed by atoms with van der Waals surface area (Å²) in [5.74, 6) is 0.355. The van der Waals surface area contributed by atoms with E-state index in [4.69, 9.17) is 4.74 Å². The highest BCUT2D eigenvalue weighted by Crippen LogP contribution is 2.11. The second kappa shape index (κ2) is 10.7. The summed E-state index contributed by atoms with van der Waals surface area (Å²) < 4.78 is 5.31. The van der Waals surface area contributed by atoms with Crippen molar-refractivity contribution in [2.75, 3.05) is 65.6 Å². The van der Waals surface area contributed by atoms with Crippen LogP contribution in [0.15, 0.2) is 30.3 Å². The zero-order valence-corrected chi connectivity index (χ0v) is 17.8. The maximum Gasteiger partial charge on any atom is 0.237 e. The van der Waals surface area contributed by atoms with Crippen molar-refractivity contribution in [1.82, 2.24) is 19.6 Å². The van der Waals surface area contributed by atoms with Crippen molar-refractivity contribution >= 4 is 11.8 Å². The molecule has 2 fully saturated rings. The maximum atomic E-state index is 12.9. The molecule has 0 spiro atoms. The lowest BCUT2D eigenvalue weighted by molar-refractivity contribution is -0.138. The smallest absolute Gasteiger partial charge is 0.237 e. The van der Waals surface area contributed by atoms with Crippen LogP contribution >= 0.6 is 0 Å². The predicted molar refractivity (Wildman–Crippen MR) is 112 cm³/mol. The molecule has 0 aliphatic carbocycles. The van der Waals surface area contributed by atoms with Crippen molar-refractivity contribution in [2.24, 2.45) is 0 Å². The molecule has 0 atom stereocenters. The van der Waals surface area contributed by atoms with Gasteiger partial charge in [-0.1, -0.05) is 30.3 Å². The summed E-state index contributed by atoms with van der Waals surface area (Å²) in [7, 11) is 0. The first kappa shape index (κ1) is 21.7. The molecule has 0 N–H and O–H groups in total. The quantitative estimate of drug-likeness (QED) is 0.678. The third kappa shape index (κ3) is 6.52. The minimum absolute atomic E-state index is 0.162. The number of hydrogen-bond donors (Lipinski definition) is 0. The molecule has 1 aromatic carbocycles. The van der Waals surface area contributed by atoms with Crippen molar-refractivity contribution in [2.45, 2.75) is 26.4 Å². The van der Waals surface area contributed by atoms with E-state index in [0.717, 1.165) is 31.7 Å². The Morgan fingerprint density at radius 3 is 2.10 bits per heavy atom. The van der Waals surface area contributed by atoms with Crippen LogP contribution in [-0.4, -0.2) is 103 Å². The van der Waals surface area contributed by atoms with Gasteiger partial charge in [0.2, 0.25) is 11.8 Å². The Morgan fingerprint density at radius 2 is 1.52 bits per heavy atom. The molecular formula is C22H34N4O3. The van der Waals surface area contributed by atoms with Gasteiger partial charge in [-0.05, 0) is 19.4 Å². The first-order valence-corrected chi connectivity index (χ1v) is 10.7. The number of morpholine rings is 1. The highest BCUT2D eigenvalue weighted by Gasteiger charge is 2.25. The maximum absolute atomic E-state index is 12.9. The lowest BCUT2D eigenvalue weighted by atomic mass is 10.2. The van der Waals surface area contributed by atoms with E-state index < -0.39 is 0 Å². The van der Waals surface area contributed by atoms with Gasteiger partial charge in [-0.15, -0.1) is 0 Å². The van der Waals surface area contributed by atoms with Gasteiger partial charge < -0.3 is 14.5 Å². The Kier molecular flexibility index (Phi) is 8.03. The minimum atomic E-state index is 0.162. The van der Waals surface area contributed by atoms with Gasteiger partial charge in [-0.3, -0.25) is 19.4 Å². The summed E-state index contributed by atoms with van der Waals surface area (Å²) >= 11 is 0. The molecule has 2 amide bonds. The summed E-state index contributed by atoms with van der Waals surface area (Å²) in [4.78, 5) is 33.6. The second-order valence-electron chi connectivity index (χ2n) is 8.15. The van der Waals surface area contributed by atoms with Gasteiger partial charge in [0.05, 0.1) is 26.3 Å². The molecule has 7 heteroatoms. The van der Waals surface area contributed by atoms with Crippen LogP contribution in [0.1, 0.15) is 19.4 Å². The number of benzene rings is 1. The first-order valence-electron chi connectivity index (χ1n) is 10.7. The normalized spacial score (nSPS) is 18.8. The zero-order chi connectivity index (χ0) is 20.6. The Labute approximate surface area is 174 Å². The van der Waals surface area contributed by atoms with E-state index in [1.165, 1.54) is 0 Å². The zero-order valence-electron chi connectivity index (χ0n) is 17.8. The summed E-state index contributed by atoms with van der Waals surface area (Å²) in [6, 6.07) is 10.3. The monoisotopic (exact) mass is 402 g/mol. The van der Waals surface area contributed by atoms with Gasteiger partial charge in [0.25, 0.3) is 0 Å². The van der Waals surface area contributed by atoms with Crippen molar-refractivity contribution < 1.29 is 14.3 Å². The van der Waals surface area contributed by atoms with E-state index in [-0.39, 0.29) is 17.9 Å². The lowest BCUT2D eigenvalue weighted by Crippen LogP contribution is -2.53. The Bertz CT molecular complexity index is 653. The molecular weight excluding hydrogens is 368 g/mol. The number of piperazine rings is 1. The van der Waals surface area contributed by atoms with E-state index in [0.29, 0.717) is 45.9 Å². The van der Waals surface area contributed by atoms with Crippen molar-refractivity contribution in [1.29, 1.82) is 0 Å². The molecule has 0 aromatic heterocycles. The number of rotatable bonds is 7. The lowest BCUT2D eigenvalue weighted by Gasteiger charge is -2.37. The van der Waals surface area contributed by atoms with Crippen molar-refractivity contribution in [3.63, 3.8) is 0 Å². The molecule has 3 rings (SSSR count). The van der Waals surface area contributed by atoms with Crippen LogP contribution in [0.2, 0.25) is 0 Å². The molecule has 0 bridgehead atoms. The number of amides is 2. The summed E-state index contributed by atoms with van der Waals surface area (Å²) in [6.07, 6.45) is 0. The molecule has 2 aliphatic rings. The summed E-state index contributed by atoms with van der Waals surface area (Å²) in [5, 5.41) is 0. The third-order valence-electron chi connectivity index (χ3n) is 5.69. The molecule has 2 heterocycles. The summed E-state index contributed by atoms with van der Waals surface area (Å²) in [5.41, 5.74) is 1.15. The molecule has 2 aliphatic heterocycles. The SMILES string of the molecule is CC(C)N(Cc1ccccc1)C(=O)CN1CCN(CC(=O)N2CCOCC2)CC1. The van der Waals surface area contributed by atoms with Gasteiger partial charge >= 0.3 is 0 Å². The molecule has 2 saturated heterocycles. The van der Waals surface area contributed by atoms with Crippen LogP contribution in [0, 0.1) is 0 Å². The molecule has 0 unspecified atom stereocenters. The van der Waals surface area contributed by atoms with E-state index in [9.17, 15) is 9.59 Å². The average Bonchev–Trinajstić information content (AvgIpc) is 2.74. The van der Waals surface area contributed by atoms with Crippen LogP contribution in [-0.2, 0) is 20.9 Å². The Hall–Kier alpha value is -1.96. The minimum Gasteiger partial charge on any atom is -0.378 e. The average molecular weight is 403 g/mol. The third-order valence-corrected chi connectivity index (χ3v) is 5.69. The first-order chi connectivity index (χ1) is 14.0. The van der Waals surface area contributed by atoms with Crippen LogP contribution < -0.4 is 0 Å². The van der Waals surface area contributed by atoms with Gasteiger partial charge in [-0.2, -0.15) is 0 Å². The molecule has 7 nitrogen and oxygen atoms in total. The number of carbonyl (C=O) groups is 2. The van der Waals surface area contributed by atoms with Crippen molar-refractivity contribution in [3.05, 3.63) is 35.9 Å². The fourth-order valence-electron chi connectivity index (χ4n) is 3.83. The van der Waals surface area contributed by atoms with Crippen LogP contribution in [0.3, 0.4) is 0 Å². The standard InChI is InChI=1S/C22H34N4O3/c1-19(2)26(16-20-6-4-3-5-7-20)22(28)18-24-10-8-23(9-11-24)17-21(27)25-12-14-29-15-13-25/h3-7,19H,8-18H2,1-2H3. The molecule has 1 aromatic rings. The largest absolute Gasteiger partial charge is 0.378 e. The van der Waals surface area contributed by atoms with Crippen molar-refractivity contribution in [3.8, 4) is 0 Å². The Morgan fingerprint density at radius 1 is 0.931 bits per heavy atom. The summed E-state index contributed by atoms with van der Waals surface area (Å²) in [6.45, 7) is 11.6. The van der Waals surface area contributed by atoms with Gasteiger partial charge in [0.15, 0.2) is 0 Å². The van der Waals surface area contributed by atoms with E-state index >= 15 is 0 Å². The Balaban J connectivity index is 1.44. The van der Waals surface area contributed by atoms with E-state index in [2.05, 4.69) is 35.8 Å². The van der Waals surface area contributed by atoms with Crippen LogP contribution in [0.5, 0.6) is 0 Å². The highest BCUT2D eigenvalue weighted by atomic mass is 16.5. The molecule has 0 saturated carbocycles. The van der Waals surface area contributed by atoms with Gasteiger partial charge in [0, 0.05) is 51.9 Å².